The Bertz CT molecular complexity index is 537. The highest BCUT2D eigenvalue weighted by Gasteiger charge is 2.04. The minimum Gasteiger partial charge on any atom is -0.326 e. The van der Waals surface area contributed by atoms with Gasteiger partial charge in [0, 0.05) is 12.2 Å². The summed E-state index contributed by atoms with van der Waals surface area (Å²) in [6.45, 7) is 0.794. The molecule has 0 spiro atoms. The molecular weight excluding hydrogens is 236 g/mol. The number of amides is 1. The molecule has 2 aromatic rings. The molecular formula is C16H18N2O. The smallest absolute Gasteiger partial charge is 0.228 e. The molecule has 19 heavy (non-hydrogen) atoms. The Morgan fingerprint density at radius 1 is 1.00 bits per heavy atom. The summed E-state index contributed by atoms with van der Waals surface area (Å²) in [4.78, 5) is 11.9. The molecule has 0 aliphatic carbocycles. The van der Waals surface area contributed by atoms with Gasteiger partial charge in [0.2, 0.25) is 5.91 Å². The Morgan fingerprint density at radius 2 is 1.74 bits per heavy atom. The van der Waals surface area contributed by atoms with Crippen LogP contribution in [-0.2, 0) is 17.8 Å². The highest BCUT2D eigenvalue weighted by Crippen LogP contribution is 2.11. The Hall–Kier alpha value is -2.13. The molecule has 2 aromatic carbocycles. The fraction of sp³-hybridized carbons (Fsp3) is 0.188. The van der Waals surface area contributed by atoms with E-state index in [4.69, 9.17) is 0 Å². The zero-order chi connectivity index (χ0) is 13.5. The van der Waals surface area contributed by atoms with Crippen LogP contribution in [0.2, 0.25) is 0 Å². The highest BCUT2D eigenvalue weighted by atomic mass is 16.1. The van der Waals surface area contributed by atoms with Crippen LogP contribution in [0.5, 0.6) is 0 Å². The Labute approximate surface area is 113 Å². The second-order valence-corrected chi connectivity index (χ2v) is 4.44. The van der Waals surface area contributed by atoms with Gasteiger partial charge in [-0.25, -0.2) is 0 Å². The zero-order valence-corrected chi connectivity index (χ0v) is 11.0. The van der Waals surface area contributed by atoms with Gasteiger partial charge in [0.15, 0.2) is 0 Å². The lowest BCUT2D eigenvalue weighted by atomic mass is 10.1. The number of carbonyl (C=O) groups is 1. The number of hydrogen-bond acceptors (Lipinski definition) is 2. The standard InChI is InChI=1S/C16H18N2O/c1-17-12-14-8-5-9-15(10-14)18-16(19)11-13-6-3-2-4-7-13/h2-10,17H,11-12H2,1H3,(H,18,19). The first kappa shape index (κ1) is 13.3. The van der Waals surface area contributed by atoms with Crippen molar-refractivity contribution in [3.63, 3.8) is 0 Å². The Morgan fingerprint density at radius 3 is 2.47 bits per heavy atom. The molecule has 98 valence electrons. The molecule has 0 radical (unpaired) electrons. The number of rotatable bonds is 5. The lowest BCUT2D eigenvalue weighted by Crippen LogP contribution is -2.14. The predicted octanol–water partition coefficient (Wildman–Crippen LogP) is 2.59. The van der Waals surface area contributed by atoms with Gasteiger partial charge in [-0.1, -0.05) is 42.5 Å². The van der Waals surface area contributed by atoms with Crippen LogP contribution in [0.3, 0.4) is 0 Å². The molecule has 0 aliphatic rings. The fourth-order valence-corrected chi connectivity index (χ4v) is 1.95. The summed E-state index contributed by atoms with van der Waals surface area (Å²) >= 11 is 0. The van der Waals surface area contributed by atoms with Crippen molar-refractivity contribution in [1.82, 2.24) is 5.32 Å². The molecule has 3 nitrogen and oxygen atoms in total. The minimum atomic E-state index is 0.00723. The monoisotopic (exact) mass is 254 g/mol. The van der Waals surface area contributed by atoms with E-state index < -0.39 is 0 Å². The van der Waals surface area contributed by atoms with Crippen LogP contribution >= 0.6 is 0 Å². The summed E-state index contributed by atoms with van der Waals surface area (Å²) in [6, 6.07) is 17.6. The zero-order valence-electron chi connectivity index (χ0n) is 11.0. The maximum absolute atomic E-state index is 11.9. The molecule has 0 saturated carbocycles. The second kappa shape index (κ2) is 6.71. The average Bonchev–Trinajstić information content (AvgIpc) is 2.40. The van der Waals surface area contributed by atoms with Gasteiger partial charge in [0.25, 0.3) is 0 Å². The Balaban J connectivity index is 1.97. The van der Waals surface area contributed by atoms with Crippen molar-refractivity contribution in [2.24, 2.45) is 0 Å². The molecule has 0 aliphatic heterocycles. The number of benzene rings is 2. The van der Waals surface area contributed by atoms with Crippen LogP contribution in [0.15, 0.2) is 54.6 Å². The molecule has 3 heteroatoms. The molecule has 0 saturated heterocycles. The van der Waals surface area contributed by atoms with Crippen LogP contribution in [0.1, 0.15) is 11.1 Å². The predicted molar refractivity (Wildman–Crippen MR) is 78.0 cm³/mol. The van der Waals surface area contributed by atoms with Gasteiger partial charge in [-0.2, -0.15) is 0 Å². The first-order valence-electron chi connectivity index (χ1n) is 6.35. The van der Waals surface area contributed by atoms with E-state index in [-0.39, 0.29) is 5.91 Å². The van der Waals surface area contributed by atoms with E-state index in [2.05, 4.69) is 10.6 Å². The van der Waals surface area contributed by atoms with E-state index in [1.54, 1.807) is 0 Å². The molecule has 1 amide bonds. The maximum atomic E-state index is 11.9. The number of carbonyl (C=O) groups excluding carboxylic acids is 1. The number of nitrogens with one attached hydrogen (secondary N) is 2. The largest absolute Gasteiger partial charge is 0.326 e. The van der Waals surface area contributed by atoms with Crippen LogP contribution in [0.4, 0.5) is 5.69 Å². The molecule has 0 aromatic heterocycles. The van der Waals surface area contributed by atoms with E-state index in [1.165, 1.54) is 0 Å². The first-order valence-corrected chi connectivity index (χ1v) is 6.35. The van der Waals surface area contributed by atoms with Crippen molar-refractivity contribution in [3.8, 4) is 0 Å². The summed E-state index contributed by atoms with van der Waals surface area (Å²) < 4.78 is 0. The summed E-state index contributed by atoms with van der Waals surface area (Å²) in [6.07, 6.45) is 0.400. The summed E-state index contributed by atoms with van der Waals surface area (Å²) in [7, 11) is 1.90. The van der Waals surface area contributed by atoms with Gasteiger partial charge in [-0.15, -0.1) is 0 Å². The molecule has 2 N–H and O–H groups in total. The molecule has 2 rings (SSSR count). The van der Waals surface area contributed by atoms with Gasteiger partial charge in [-0.05, 0) is 30.3 Å². The average molecular weight is 254 g/mol. The summed E-state index contributed by atoms with van der Waals surface area (Å²) in [5.74, 6) is 0.00723. The third-order valence-corrected chi connectivity index (χ3v) is 2.80. The van der Waals surface area contributed by atoms with Crippen molar-refractivity contribution in [2.75, 3.05) is 12.4 Å². The van der Waals surface area contributed by atoms with Gasteiger partial charge in [0.05, 0.1) is 6.42 Å². The molecule has 0 heterocycles. The lowest BCUT2D eigenvalue weighted by molar-refractivity contribution is -0.115. The van der Waals surface area contributed by atoms with E-state index in [0.29, 0.717) is 6.42 Å². The molecule has 0 bridgehead atoms. The van der Waals surface area contributed by atoms with Gasteiger partial charge >= 0.3 is 0 Å². The summed E-state index contributed by atoms with van der Waals surface area (Å²) in [5, 5.41) is 6.01. The van der Waals surface area contributed by atoms with Gasteiger partial charge < -0.3 is 10.6 Å². The van der Waals surface area contributed by atoms with E-state index in [1.807, 2.05) is 61.6 Å². The highest BCUT2D eigenvalue weighted by molar-refractivity contribution is 5.92. The van der Waals surface area contributed by atoms with Crippen molar-refractivity contribution in [1.29, 1.82) is 0 Å². The second-order valence-electron chi connectivity index (χ2n) is 4.44. The lowest BCUT2D eigenvalue weighted by Gasteiger charge is -2.07. The van der Waals surface area contributed by atoms with Crippen molar-refractivity contribution < 1.29 is 4.79 Å². The van der Waals surface area contributed by atoms with Crippen LogP contribution in [-0.4, -0.2) is 13.0 Å². The maximum Gasteiger partial charge on any atom is 0.228 e. The van der Waals surface area contributed by atoms with E-state index >= 15 is 0 Å². The van der Waals surface area contributed by atoms with Crippen molar-refractivity contribution in [3.05, 3.63) is 65.7 Å². The van der Waals surface area contributed by atoms with Gasteiger partial charge in [0.1, 0.15) is 0 Å². The third kappa shape index (κ3) is 4.23. The van der Waals surface area contributed by atoms with Crippen molar-refractivity contribution >= 4 is 11.6 Å². The number of hydrogen-bond donors (Lipinski definition) is 2. The van der Waals surface area contributed by atoms with Gasteiger partial charge in [-0.3, -0.25) is 4.79 Å². The topological polar surface area (TPSA) is 41.1 Å². The normalized spacial score (nSPS) is 10.2. The molecule has 0 unspecified atom stereocenters. The molecule has 0 atom stereocenters. The summed E-state index contributed by atoms with van der Waals surface area (Å²) in [5.41, 5.74) is 3.01. The van der Waals surface area contributed by atoms with Crippen LogP contribution in [0.25, 0.3) is 0 Å². The van der Waals surface area contributed by atoms with E-state index in [9.17, 15) is 4.79 Å². The minimum absolute atomic E-state index is 0.00723. The van der Waals surface area contributed by atoms with Crippen LogP contribution < -0.4 is 10.6 Å². The van der Waals surface area contributed by atoms with E-state index in [0.717, 1.165) is 23.4 Å². The van der Waals surface area contributed by atoms with Crippen molar-refractivity contribution in [2.45, 2.75) is 13.0 Å². The number of anilines is 1. The Kier molecular flexibility index (Phi) is 4.70. The quantitative estimate of drug-likeness (QED) is 0.861. The third-order valence-electron chi connectivity index (χ3n) is 2.80. The van der Waals surface area contributed by atoms with Crippen LogP contribution in [0, 0.1) is 0 Å². The fourth-order valence-electron chi connectivity index (χ4n) is 1.95. The SMILES string of the molecule is CNCc1cccc(NC(=O)Cc2ccccc2)c1. The molecule has 0 fully saturated rings. The first-order chi connectivity index (χ1) is 9.28.